The van der Waals surface area contributed by atoms with Gasteiger partial charge in [0.1, 0.15) is 0 Å². The molecule has 3 aromatic rings. The zero-order valence-electron chi connectivity index (χ0n) is 19.2. The number of carboxylic acids is 1. The van der Waals surface area contributed by atoms with E-state index in [0.717, 1.165) is 32.7 Å². The standard InChI is InChI=1S/C20H23N3.C8H8O3/c21-12-11-20-17-22(15-18-7-3-1-4-8-18)13-14-23(20)16-19-9-5-2-6-10-19;9-7(8(10)11)6-4-2-1-3-5-6/h1-10,20H,11,13-17H2;1-5,7,9H,(H,10,11)/t20-;7-/m00/s1. The number of hydrogen-bond donors (Lipinski definition) is 2. The summed E-state index contributed by atoms with van der Waals surface area (Å²) in [7, 11) is 0. The van der Waals surface area contributed by atoms with Crippen LogP contribution >= 0.6 is 0 Å². The van der Waals surface area contributed by atoms with Gasteiger partial charge in [0.2, 0.25) is 0 Å². The van der Waals surface area contributed by atoms with Crippen LogP contribution < -0.4 is 0 Å². The fraction of sp³-hybridized carbons (Fsp3) is 0.286. The number of aliphatic hydroxyl groups is 1. The van der Waals surface area contributed by atoms with Crippen molar-refractivity contribution in [3.63, 3.8) is 0 Å². The second kappa shape index (κ2) is 13.3. The number of rotatable bonds is 7. The first-order valence-electron chi connectivity index (χ1n) is 11.4. The van der Waals surface area contributed by atoms with Crippen molar-refractivity contribution in [1.29, 1.82) is 5.26 Å². The minimum absolute atomic E-state index is 0.317. The molecular weight excluding hydrogens is 426 g/mol. The maximum absolute atomic E-state index is 10.2. The predicted molar refractivity (Wildman–Crippen MR) is 132 cm³/mol. The lowest BCUT2D eigenvalue weighted by atomic mass is 10.1. The molecule has 0 aromatic heterocycles. The van der Waals surface area contributed by atoms with E-state index in [2.05, 4.69) is 70.5 Å². The highest BCUT2D eigenvalue weighted by Gasteiger charge is 2.26. The lowest BCUT2D eigenvalue weighted by Gasteiger charge is -2.40. The molecule has 6 nitrogen and oxygen atoms in total. The third-order valence-corrected chi connectivity index (χ3v) is 5.84. The molecule has 2 N–H and O–H groups in total. The lowest BCUT2D eigenvalue weighted by molar-refractivity contribution is -0.146. The monoisotopic (exact) mass is 457 g/mol. The quantitative estimate of drug-likeness (QED) is 0.556. The Kier molecular flexibility index (Phi) is 9.80. The molecule has 176 valence electrons. The second-order valence-corrected chi connectivity index (χ2v) is 8.34. The van der Waals surface area contributed by atoms with Gasteiger partial charge in [-0.2, -0.15) is 5.26 Å². The van der Waals surface area contributed by atoms with Gasteiger partial charge in [-0.15, -0.1) is 0 Å². The average Bonchev–Trinajstić information content (AvgIpc) is 2.87. The summed E-state index contributed by atoms with van der Waals surface area (Å²) in [6, 6.07) is 32.1. The van der Waals surface area contributed by atoms with Gasteiger partial charge in [0.25, 0.3) is 0 Å². The molecule has 1 saturated heterocycles. The molecule has 0 radical (unpaired) electrons. The average molecular weight is 458 g/mol. The van der Waals surface area contributed by atoms with Crippen LogP contribution in [-0.4, -0.2) is 51.7 Å². The number of benzene rings is 3. The van der Waals surface area contributed by atoms with Crippen LogP contribution in [-0.2, 0) is 17.9 Å². The Morgan fingerprint density at radius 3 is 1.94 bits per heavy atom. The normalized spacial score (nSPS) is 17.1. The number of nitrogens with zero attached hydrogens (tertiary/aromatic N) is 3. The van der Waals surface area contributed by atoms with Gasteiger partial charge >= 0.3 is 5.97 Å². The molecule has 0 amide bonds. The topological polar surface area (TPSA) is 87.8 Å². The minimum Gasteiger partial charge on any atom is -0.479 e. The van der Waals surface area contributed by atoms with Crippen LogP contribution in [0, 0.1) is 11.3 Å². The van der Waals surface area contributed by atoms with E-state index in [0.29, 0.717) is 18.0 Å². The molecule has 34 heavy (non-hydrogen) atoms. The van der Waals surface area contributed by atoms with Crippen molar-refractivity contribution in [2.75, 3.05) is 19.6 Å². The predicted octanol–water partition coefficient (Wildman–Crippen LogP) is 4.09. The molecule has 6 heteroatoms. The zero-order chi connectivity index (χ0) is 24.2. The summed E-state index contributed by atoms with van der Waals surface area (Å²) in [5, 5.41) is 26.6. The van der Waals surface area contributed by atoms with Gasteiger partial charge in [0, 0.05) is 38.8 Å². The SMILES string of the molecule is N#CC[C@H]1CN(Cc2ccccc2)CCN1Cc1ccccc1.O=C(O)[C@@H](O)c1ccccc1. The smallest absolute Gasteiger partial charge is 0.337 e. The largest absolute Gasteiger partial charge is 0.479 e. The van der Waals surface area contributed by atoms with E-state index in [-0.39, 0.29) is 0 Å². The number of aliphatic hydroxyl groups excluding tert-OH is 1. The highest BCUT2D eigenvalue weighted by atomic mass is 16.4. The molecule has 1 fully saturated rings. The third kappa shape index (κ3) is 7.82. The van der Waals surface area contributed by atoms with Crippen molar-refractivity contribution in [2.45, 2.75) is 31.7 Å². The summed E-state index contributed by atoms with van der Waals surface area (Å²) in [6.07, 6.45) is -0.811. The summed E-state index contributed by atoms with van der Waals surface area (Å²) in [4.78, 5) is 15.2. The van der Waals surface area contributed by atoms with Gasteiger partial charge < -0.3 is 10.2 Å². The van der Waals surface area contributed by atoms with Crippen molar-refractivity contribution in [1.82, 2.24) is 9.80 Å². The van der Waals surface area contributed by atoms with E-state index in [9.17, 15) is 10.1 Å². The molecule has 4 rings (SSSR count). The highest BCUT2D eigenvalue weighted by Crippen LogP contribution is 2.18. The maximum atomic E-state index is 10.2. The van der Waals surface area contributed by atoms with Crippen LogP contribution in [0.15, 0.2) is 91.0 Å². The summed E-state index contributed by atoms with van der Waals surface area (Å²) in [6.45, 7) is 4.96. The van der Waals surface area contributed by atoms with E-state index in [1.54, 1.807) is 30.3 Å². The number of carbonyl (C=O) groups is 1. The molecule has 3 aromatic carbocycles. The van der Waals surface area contributed by atoms with Crippen LogP contribution in [0.4, 0.5) is 0 Å². The molecule has 0 saturated carbocycles. The van der Waals surface area contributed by atoms with Crippen molar-refractivity contribution in [2.24, 2.45) is 0 Å². The Hall–Kier alpha value is -3.50. The van der Waals surface area contributed by atoms with E-state index in [1.165, 1.54) is 11.1 Å². The molecular formula is C28H31N3O3. The number of nitriles is 1. The van der Waals surface area contributed by atoms with E-state index in [4.69, 9.17) is 10.2 Å². The first-order valence-corrected chi connectivity index (χ1v) is 11.4. The number of aliphatic carboxylic acids is 1. The van der Waals surface area contributed by atoms with Crippen molar-refractivity contribution in [3.8, 4) is 6.07 Å². The van der Waals surface area contributed by atoms with E-state index < -0.39 is 12.1 Å². The van der Waals surface area contributed by atoms with E-state index >= 15 is 0 Å². The Labute approximate surface area is 201 Å². The van der Waals surface area contributed by atoms with Crippen molar-refractivity contribution < 1.29 is 15.0 Å². The summed E-state index contributed by atoms with van der Waals surface area (Å²) < 4.78 is 0. The fourth-order valence-electron chi connectivity index (χ4n) is 4.05. The Bertz CT molecular complexity index is 1040. The third-order valence-electron chi connectivity index (χ3n) is 5.84. The van der Waals surface area contributed by atoms with Gasteiger partial charge in [-0.3, -0.25) is 9.80 Å². The van der Waals surface area contributed by atoms with Gasteiger partial charge in [-0.05, 0) is 16.7 Å². The summed E-state index contributed by atoms with van der Waals surface area (Å²) in [5.41, 5.74) is 3.08. The molecule has 0 aliphatic carbocycles. The minimum atomic E-state index is -1.41. The van der Waals surface area contributed by atoms with Crippen LogP contribution in [0.25, 0.3) is 0 Å². The van der Waals surface area contributed by atoms with Crippen LogP contribution in [0.1, 0.15) is 29.2 Å². The number of carboxylic acid groups (broad SMARTS) is 1. The van der Waals surface area contributed by atoms with E-state index in [1.807, 2.05) is 6.07 Å². The van der Waals surface area contributed by atoms with Gasteiger partial charge in [0.15, 0.2) is 6.10 Å². The Morgan fingerprint density at radius 2 is 1.41 bits per heavy atom. The fourth-order valence-corrected chi connectivity index (χ4v) is 4.05. The Morgan fingerprint density at radius 1 is 0.882 bits per heavy atom. The van der Waals surface area contributed by atoms with Crippen LogP contribution in [0.2, 0.25) is 0 Å². The molecule has 1 heterocycles. The van der Waals surface area contributed by atoms with Crippen molar-refractivity contribution in [3.05, 3.63) is 108 Å². The highest BCUT2D eigenvalue weighted by molar-refractivity contribution is 5.73. The van der Waals surface area contributed by atoms with Gasteiger partial charge in [-0.25, -0.2) is 4.79 Å². The number of piperazine rings is 1. The van der Waals surface area contributed by atoms with Gasteiger partial charge in [-0.1, -0.05) is 91.0 Å². The van der Waals surface area contributed by atoms with Crippen LogP contribution in [0.5, 0.6) is 0 Å². The summed E-state index contributed by atoms with van der Waals surface area (Å²) in [5.74, 6) is -1.23. The molecule has 0 unspecified atom stereocenters. The summed E-state index contributed by atoms with van der Waals surface area (Å²) >= 11 is 0. The molecule has 2 atom stereocenters. The molecule has 1 aliphatic heterocycles. The number of hydrogen-bond acceptors (Lipinski definition) is 5. The first-order chi connectivity index (χ1) is 16.6. The van der Waals surface area contributed by atoms with Crippen LogP contribution in [0.3, 0.4) is 0 Å². The maximum Gasteiger partial charge on any atom is 0.337 e. The lowest BCUT2D eigenvalue weighted by Crippen LogP contribution is -2.52. The molecule has 0 spiro atoms. The van der Waals surface area contributed by atoms with Gasteiger partial charge in [0.05, 0.1) is 12.5 Å². The van der Waals surface area contributed by atoms with Crippen molar-refractivity contribution >= 4 is 5.97 Å². The zero-order valence-corrected chi connectivity index (χ0v) is 19.2. The molecule has 0 bridgehead atoms. The first kappa shape index (κ1) is 25.1. The molecule has 1 aliphatic rings. The second-order valence-electron chi connectivity index (χ2n) is 8.34. The Balaban J connectivity index is 0.000000248.